The summed E-state index contributed by atoms with van der Waals surface area (Å²) in [6.45, 7) is 10.2. The fourth-order valence-electron chi connectivity index (χ4n) is 2.02. The summed E-state index contributed by atoms with van der Waals surface area (Å²) in [5.41, 5.74) is 1.87. The van der Waals surface area contributed by atoms with Gasteiger partial charge in [0.25, 0.3) is 0 Å². The van der Waals surface area contributed by atoms with Gasteiger partial charge in [0, 0.05) is 13.1 Å². The summed E-state index contributed by atoms with van der Waals surface area (Å²) >= 11 is 0. The van der Waals surface area contributed by atoms with Gasteiger partial charge in [-0.3, -0.25) is 0 Å². The fourth-order valence-corrected chi connectivity index (χ4v) is 3.47. The third-order valence-corrected chi connectivity index (χ3v) is 5.31. The molecule has 21 heavy (non-hydrogen) atoms. The van der Waals surface area contributed by atoms with Crippen molar-refractivity contribution in [3.8, 4) is 0 Å². The van der Waals surface area contributed by atoms with E-state index in [1.54, 1.807) is 6.07 Å². The summed E-state index contributed by atoms with van der Waals surface area (Å²) in [6, 6.07) is 5.47. The van der Waals surface area contributed by atoms with Crippen LogP contribution in [0.4, 0.5) is 0 Å². The van der Waals surface area contributed by atoms with E-state index in [-0.39, 0.29) is 0 Å². The van der Waals surface area contributed by atoms with Crippen LogP contribution in [-0.4, -0.2) is 21.5 Å². The summed E-state index contributed by atoms with van der Waals surface area (Å²) in [4.78, 5) is 0.390. The Balaban J connectivity index is 2.89. The van der Waals surface area contributed by atoms with Gasteiger partial charge in [0.1, 0.15) is 0 Å². The molecule has 0 spiro atoms. The van der Waals surface area contributed by atoms with Crippen LogP contribution in [0, 0.1) is 12.8 Å². The standard InChI is InChI=1S/C16H28N2O2S/c1-5-10-17-12-15-8-7-9-16(14(15)4)21(19,20)18-11-13(3)6-2/h7-9,13,17-18H,5-6,10-12H2,1-4H3. The van der Waals surface area contributed by atoms with Gasteiger partial charge in [-0.15, -0.1) is 0 Å². The summed E-state index contributed by atoms with van der Waals surface area (Å²) in [5, 5.41) is 3.31. The van der Waals surface area contributed by atoms with Crippen LogP contribution in [0.5, 0.6) is 0 Å². The second-order valence-electron chi connectivity index (χ2n) is 5.58. The number of benzene rings is 1. The minimum Gasteiger partial charge on any atom is -0.313 e. The molecule has 4 nitrogen and oxygen atoms in total. The highest BCUT2D eigenvalue weighted by Gasteiger charge is 2.18. The molecular weight excluding hydrogens is 284 g/mol. The van der Waals surface area contributed by atoms with E-state index in [4.69, 9.17) is 0 Å². The smallest absolute Gasteiger partial charge is 0.240 e. The van der Waals surface area contributed by atoms with E-state index < -0.39 is 10.0 Å². The molecule has 120 valence electrons. The van der Waals surface area contributed by atoms with Crippen LogP contribution in [0.1, 0.15) is 44.7 Å². The largest absolute Gasteiger partial charge is 0.313 e. The van der Waals surface area contributed by atoms with Gasteiger partial charge >= 0.3 is 0 Å². The Labute approximate surface area is 129 Å². The topological polar surface area (TPSA) is 58.2 Å². The first-order valence-electron chi connectivity index (χ1n) is 7.71. The lowest BCUT2D eigenvalue weighted by Gasteiger charge is -2.15. The second kappa shape index (κ2) is 8.51. The van der Waals surface area contributed by atoms with Gasteiger partial charge in [0.05, 0.1) is 4.90 Å². The van der Waals surface area contributed by atoms with Gasteiger partial charge in [0.2, 0.25) is 10.0 Å². The number of nitrogens with one attached hydrogen (secondary N) is 2. The van der Waals surface area contributed by atoms with Crippen molar-refractivity contribution in [2.24, 2.45) is 5.92 Å². The maximum absolute atomic E-state index is 12.4. The molecule has 5 heteroatoms. The summed E-state index contributed by atoms with van der Waals surface area (Å²) < 4.78 is 27.6. The Bertz CT molecular complexity index is 541. The van der Waals surface area contributed by atoms with Crippen molar-refractivity contribution in [2.45, 2.75) is 52.0 Å². The molecule has 0 aliphatic rings. The highest BCUT2D eigenvalue weighted by Crippen LogP contribution is 2.19. The molecule has 0 aliphatic heterocycles. The maximum atomic E-state index is 12.4. The molecule has 0 fully saturated rings. The van der Waals surface area contributed by atoms with Crippen LogP contribution in [0.2, 0.25) is 0 Å². The predicted molar refractivity (Wildman–Crippen MR) is 87.8 cm³/mol. The monoisotopic (exact) mass is 312 g/mol. The first-order chi connectivity index (χ1) is 9.92. The van der Waals surface area contributed by atoms with E-state index in [1.165, 1.54) is 0 Å². The van der Waals surface area contributed by atoms with Crippen molar-refractivity contribution >= 4 is 10.0 Å². The zero-order valence-electron chi connectivity index (χ0n) is 13.6. The molecule has 1 unspecified atom stereocenters. The molecule has 0 aliphatic carbocycles. The van der Waals surface area contributed by atoms with Crippen LogP contribution >= 0.6 is 0 Å². The van der Waals surface area contributed by atoms with Gasteiger partial charge in [-0.05, 0) is 43.0 Å². The lowest BCUT2D eigenvalue weighted by atomic mass is 10.1. The van der Waals surface area contributed by atoms with Crippen LogP contribution in [0.15, 0.2) is 23.1 Å². The predicted octanol–water partition coefficient (Wildman–Crippen LogP) is 2.82. The fraction of sp³-hybridized carbons (Fsp3) is 0.625. The molecule has 0 saturated heterocycles. The average Bonchev–Trinajstić information content (AvgIpc) is 2.46. The van der Waals surface area contributed by atoms with E-state index in [1.807, 2.05) is 26.0 Å². The molecule has 0 bridgehead atoms. The molecule has 0 amide bonds. The van der Waals surface area contributed by atoms with Crippen molar-refractivity contribution in [3.63, 3.8) is 0 Å². The van der Waals surface area contributed by atoms with E-state index in [0.29, 0.717) is 23.9 Å². The Morgan fingerprint density at radius 3 is 2.57 bits per heavy atom. The Morgan fingerprint density at radius 1 is 1.24 bits per heavy atom. The summed E-state index contributed by atoms with van der Waals surface area (Å²) in [7, 11) is -3.43. The number of hydrogen-bond donors (Lipinski definition) is 2. The van der Waals surface area contributed by atoms with E-state index in [2.05, 4.69) is 23.9 Å². The summed E-state index contributed by atoms with van der Waals surface area (Å²) in [6.07, 6.45) is 2.02. The van der Waals surface area contributed by atoms with Gasteiger partial charge in [-0.1, -0.05) is 39.3 Å². The first kappa shape index (κ1) is 18.1. The second-order valence-corrected chi connectivity index (χ2v) is 7.32. The highest BCUT2D eigenvalue weighted by molar-refractivity contribution is 7.89. The van der Waals surface area contributed by atoms with E-state index >= 15 is 0 Å². The van der Waals surface area contributed by atoms with Crippen molar-refractivity contribution < 1.29 is 8.42 Å². The lowest BCUT2D eigenvalue weighted by Crippen LogP contribution is -2.29. The van der Waals surface area contributed by atoms with E-state index in [9.17, 15) is 8.42 Å². The lowest BCUT2D eigenvalue weighted by molar-refractivity contribution is 0.528. The minimum atomic E-state index is -3.43. The van der Waals surface area contributed by atoms with Crippen molar-refractivity contribution in [3.05, 3.63) is 29.3 Å². The zero-order chi connectivity index (χ0) is 15.9. The van der Waals surface area contributed by atoms with Crippen LogP contribution in [0.25, 0.3) is 0 Å². The quantitative estimate of drug-likeness (QED) is 0.689. The Morgan fingerprint density at radius 2 is 1.95 bits per heavy atom. The highest BCUT2D eigenvalue weighted by atomic mass is 32.2. The van der Waals surface area contributed by atoms with Gasteiger partial charge in [-0.2, -0.15) is 0 Å². The molecule has 0 saturated carbocycles. The normalized spacial score (nSPS) is 13.3. The van der Waals surface area contributed by atoms with Gasteiger partial charge in [-0.25, -0.2) is 13.1 Å². The Hall–Kier alpha value is -0.910. The third-order valence-electron chi connectivity index (χ3n) is 3.75. The molecule has 0 radical (unpaired) electrons. The van der Waals surface area contributed by atoms with Gasteiger partial charge < -0.3 is 5.32 Å². The zero-order valence-corrected chi connectivity index (χ0v) is 14.4. The molecule has 0 aromatic heterocycles. The van der Waals surface area contributed by atoms with E-state index in [0.717, 1.165) is 30.5 Å². The van der Waals surface area contributed by atoms with Gasteiger partial charge in [0.15, 0.2) is 0 Å². The Kier molecular flexibility index (Phi) is 7.35. The summed E-state index contributed by atoms with van der Waals surface area (Å²) in [5.74, 6) is 0.342. The molecule has 1 rings (SSSR count). The average molecular weight is 312 g/mol. The molecular formula is C16H28N2O2S. The SMILES string of the molecule is CCCNCc1cccc(S(=O)(=O)NCC(C)CC)c1C. The third kappa shape index (κ3) is 5.41. The molecule has 1 atom stereocenters. The molecule has 2 N–H and O–H groups in total. The van der Waals surface area contributed by atoms with Crippen LogP contribution < -0.4 is 10.0 Å². The van der Waals surface area contributed by atoms with Crippen molar-refractivity contribution in [2.75, 3.05) is 13.1 Å². The molecule has 1 aromatic carbocycles. The molecule has 1 aromatic rings. The maximum Gasteiger partial charge on any atom is 0.240 e. The molecule has 0 heterocycles. The van der Waals surface area contributed by atoms with Crippen molar-refractivity contribution in [1.29, 1.82) is 0 Å². The van der Waals surface area contributed by atoms with Crippen LogP contribution in [0.3, 0.4) is 0 Å². The van der Waals surface area contributed by atoms with Crippen molar-refractivity contribution in [1.82, 2.24) is 10.0 Å². The van der Waals surface area contributed by atoms with Crippen LogP contribution in [-0.2, 0) is 16.6 Å². The number of hydrogen-bond acceptors (Lipinski definition) is 3. The minimum absolute atomic E-state index is 0.342. The number of rotatable bonds is 9. The number of sulfonamides is 1. The first-order valence-corrected chi connectivity index (χ1v) is 9.19.